The maximum Gasteiger partial charge on any atom is 0.140 e. The van der Waals surface area contributed by atoms with Gasteiger partial charge >= 0.3 is 0 Å². The predicted molar refractivity (Wildman–Crippen MR) is 56.4 cm³/mol. The summed E-state index contributed by atoms with van der Waals surface area (Å²) >= 11 is 0. The van der Waals surface area contributed by atoms with E-state index in [2.05, 4.69) is 5.16 Å². The van der Waals surface area contributed by atoms with Crippen molar-refractivity contribution in [2.75, 3.05) is 13.6 Å². The van der Waals surface area contributed by atoms with Crippen LogP contribution in [0.4, 0.5) is 0 Å². The molecule has 0 bridgehead atoms. The third kappa shape index (κ3) is 5.77. The second-order valence-corrected chi connectivity index (χ2v) is 4.37. The summed E-state index contributed by atoms with van der Waals surface area (Å²) < 4.78 is 0. The van der Waals surface area contributed by atoms with Gasteiger partial charge in [0.15, 0.2) is 0 Å². The largest absolute Gasteiger partial charge is 0.409 e. The first kappa shape index (κ1) is 13.2. The Morgan fingerprint density at radius 3 is 2.43 bits per heavy atom. The minimum absolute atomic E-state index is 0.136. The van der Waals surface area contributed by atoms with Crippen LogP contribution in [0.1, 0.15) is 27.2 Å². The number of oxime groups is 1. The van der Waals surface area contributed by atoms with Crippen LogP contribution in [0.25, 0.3) is 0 Å². The van der Waals surface area contributed by atoms with E-state index in [-0.39, 0.29) is 11.9 Å². The van der Waals surface area contributed by atoms with E-state index in [1.807, 2.05) is 18.9 Å². The van der Waals surface area contributed by atoms with E-state index in [1.54, 1.807) is 13.8 Å². The molecule has 0 aromatic rings. The molecule has 0 amide bonds. The summed E-state index contributed by atoms with van der Waals surface area (Å²) in [7, 11) is 1.90. The van der Waals surface area contributed by atoms with Gasteiger partial charge in [0.2, 0.25) is 0 Å². The first-order chi connectivity index (χ1) is 6.26. The maximum atomic E-state index is 9.58. The lowest BCUT2D eigenvalue weighted by Crippen LogP contribution is -2.42. The van der Waals surface area contributed by atoms with Crippen LogP contribution < -0.4 is 5.73 Å². The first-order valence-corrected chi connectivity index (χ1v) is 4.65. The number of aliphatic hydroxyl groups is 1. The molecular formula is C9H21N3O2. The molecule has 1 unspecified atom stereocenters. The van der Waals surface area contributed by atoms with Crippen molar-refractivity contribution in [3.05, 3.63) is 0 Å². The molecule has 0 aromatic heterocycles. The fourth-order valence-electron chi connectivity index (χ4n) is 1.27. The molecule has 84 valence electrons. The lowest BCUT2D eigenvalue weighted by molar-refractivity contribution is 0.0343. The summed E-state index contributed by atoms with van der Waals surface area (Å²) in [5, 5.41) is 20.9. The van der Waals surface area contributed by atoms with E-state index in [9.17, 15) is 5.11 Å². The van der Waals surface area contributed by atoms with Crippen molar-refractivity contribution in [1.82, 2.24) is 4.90 Å². The molecule has 0 aliphatic heterocycles. The molecular weight excluding hydrogens is 182 g/mol. The van der Waals surface area contributed by atoms with Crippen molar-refractivity contribution in [3.8, 4) is 0 Å². The van der Waals surface area contributed by atoms with Gasteiger partial charge in [0, 0.05) is 19.0 Å². The van der Waals surface area contributed by atoms with Gasteiger partial charge in [-0.25, -0.2) is 0 Å². The Morgan fingerprint density at radius 2 is 2.07 bits per heavy atom. The highest BCUT2D eigenvalue weighted by molar-refractivity contribution is 5.80. The van der Waals surface area contributed by atoms with E-state index in [0.717, 1.165) is 0 Å². The minimum Gasteiger partial charge on any atom is -0.409 e. The lowest BCUT2D eigenvalue weighted by Gasteiger charge is -2.30. The van der Waals surface area contributed by atoms with Crippen LogP contribution in [0.3, 0.4) is 0 Å². The third-order valence-corrected chi connectivity index (χ3v) is 2.02. The van der Waals surface area contributed by atoms with Crippen molar-refractivity contribution < 1.29 is 10.3 Å². The van der Waals surface area contributed by atoms with Crippen LogP contribution in [-0.2, 0) is 0 Å². The van der Waals surface area contributed by atoms with Crippen molar-refractivity contribution in [1.29, 1.82) is 0 Å². The molecule has 0 rings (SSSR count). The fourth-order valence-corrected chi connectivity index (χ4v) is 1.27. The average Bonchev–Trinajstić information content (AvgIpc) is 2.00. The topological polar surface area (TPSA) is 82.1 Å². The monoisotopic (exact) mass is 203 g/mol. The van der Waals surface area contributed by atoms with Crippen LogP contribution in [0.5, 0.6) is 0 Å². The standard InChI is InChI=1S/C9H21N3O2/c1-7(5-8(10)11-14)12(4)6-9(2,3)13/h7,13-14H,5-6H2,1-4H3,(H2,10,11). The Kier molecular flexibility index (Phi) is 4.87. The second kappa shape index (κ2) is 5.17. The zero-order chi connectivity index (χ0) is 11.4. The van der Waals surface area contributed by atoms with Gasteiger partial charge in [-0.05, 0) is 27.8 Å². The number of rotatable bonds is 5. The quantitative estimate of drug-likeness (QED) is 0.258. The molecule has 0 fully saturated rings. The highest BCUT2D eigenvalue weighted by Crippen LogP contribution is 2.08. The number of amidine groups is 1. The second-order valence-electron chi connectivity index (χ2n) is 4.37. The summed E-state index contributed by atoms with van der Waals surface area (Å²) in [4.78, 5) is 1.97. The molecule has 5 nitrogen and oxygen atoms in total. The summed E-state index contributed by atoms with van der Waals surface area (Å²) in [6.45, 7) is 6.01. The summed E-state index contributed by atoms with van der Waals surface area (Å²) in [5.41, 5.74) is 4.66. The van der Waals surface area contributed by atoms with Gasteiger partial charge in [0.1, 0.15) is 5.84 Å². The van der Waals surface area contributed by atoms with E-state index in [4.69, 9.17) is 10.9 Å². The molecule has 0 radical (unpaired) electrons. The Hall–Kier alpha value is -0.810. The molecule has 0 saturated carbocycles. The SMILES string of the molecule is CC(CC(N)=NO)N(C)CC(C)(C)O. The number of hydrogen-bond acceptors (Lipinski definition) is 4. The zero-order valence-corrected chi connectivity index (χ0v) is 9.36. The third-order valence-electron chi connectivity index (χ3n) is 2.02. The highest BCUT2D eigenvalue weighted by Gasteiger charge is 2.19. The number of nitrogens with zero attached hydrogens (tertiary/aromatic N) is 2. The van der Waals surface area contributed by atoms with E-state index < -0.39 is 5.60 Å². The van der Waals surface area contributed by atoms with Crippen molar-refractivity contribution in [2.24, 2.45) is 10.9 Å². The van der Waals surface area contributed by atoms with Gasteiger partial charge in [-0.1, -0.05) is 5.16 Å². The molecule has 0 aliphatic rings. The molecule has 0 heterocycles. The van der Waals surface area contributed by atoms with E-state index in [0.29, 0.717) is 13.0 Å². The van der Waals surface area contributed by atoms with Crippen LogP contribution >= 0.6 is 0 Å². The van der Waals surface area contributed by atoms with Crippen LogP contribution in [0.2, 0.25) is 0 Å². The van der Waals surface area contributed by atoms with Crippen LogP contribution in [0, 0.1) is 0 Å². The molecule has 0 aliphatic carbocycles. The smallest absolute Gasteiger partial charge is 0.140 e. The Bertz CT molecular complexity index is 199. The number of nitrogens with two attached hydrogens (primary N) is 1. The van der Waals surface area contributed by atoms with Gasteiger partial charge in [-0.15, -0.1) is 0 Å². The van der Waals surface area contributed by atoms with E-state index in [1.165, 1.54) is 0 Å². The van der Waals surface area contributed by atoms with Gasteiger partial charge in [-0.3, -0.25) is 0 Å². The molecule has 4 N–H and O–H groups in total. The fraction of sp³-hybridized carbons (Fsp3) is 0.889. The highest BCUT2D eigenvalue weighted by atomic mass is 16.4. The Labute approximate surface area is 85.2 Å². The molecule has 1 atom stereocenters. The first-order valence-electron chi connectivity index (χ1n) is 4.65. The Morgan fingerprint density at radius 1 is 1.57 bits per heavy atom. The normalized spacial score (nSPS) is 16.0. The summed E-state index contributed by atoms with van der Waals surface area (Å²) in [5.74, 6) is 0.208. The molecule has 0 spiro atoms. The zero-order valence-electron chi connectivity index (χ0n) is 9.36. The van der Waals surface area contributed by atoms with Crippen molar-refractivity contribution >= 4 is 5.84 Å². The van der Waals surface area contributed by atoms with Gasteiger partial charge in [0.05, 0.1) is 5.60 Å². The number of likely N-dealkylation sites (N-methyl/N-ethyl adjacent to an activating group) is 1. The average molecular weight is 203 g/mol. The lowest BCUT2D eigenvalue weighted by atomic mass is 10.1. The maximum absolute atomic E-state index is 9.58. The predicted octanol–water partition coefficient (Wildman–Crippen LogP) is 0.214. The van der Waals surface area contributed by atoms with Crippen LogP contribution in [0.15, 0.2) is 5.16 Å². The van der Waals surface area contributed by atoms with E-state index >= 15 is 0 Å². The van der Waals surface area contributed by atoms with Crippen LogP contribution in [-0.4, -0.2) is 46.3 Å². The summed E-state index contributed by atoms with van der Waals surface area (Å²) in [6, 6.07) is 0.136. The molecule has 0 saturated heterocycles. The van der Waals surface area contributed by atoms with Gasteiger partial charge < -0.3 is 20.9 Å². The molecule has 14 heavy (non-hydrogen) atoms. The number of hydrogen-bond donors (Lipinski definition) is 3. The van der Waals surface area contributed by atoms with Crippen molar-refractivity contribution in [3.63, 3.8) is 0 Å². The molecule has 5 heteroatoms. The van der Waals surface area contributed by atoms with Gasteiger partial charge in [0.25, 0.3) is 0 Å². The Balaban J connectivity index is 4.06. The minimum atomic E-state index is -0.728. The molecule has 0 aromatic carbocycles. The van der Waals surface area contributed by atoms with Crippen molar-refractivity contribution in [2.45, 2.75) is 38.8 Å². The van der Waals surface area contributed by atoms with Gasteiger partial charge in [-0.2, -0.15) is 0 Å². The summed E-state index contributed by atoms with van der Waals surface area (Å²) in [6.07, 6.45) is 0.489.